The lowest BCUT2D eigenvalue weighted by molar-refractivity contribution is 0.0963. The predicted molar refractivity (Wildman–Crippen MR) is 136 cm³/mol. The lowest BCUT2D eigenvalue weighted by atomic mass is 9.89. The Kier molecular flexibility index (Phi) is 10.6. The zero-order valence-electron chi connectivity index (χ0n) is 18.1. The number of amides is 1. The minimum atomic E-state index is -0.231. The second-order valence-corrected chi connectivity index (χ2v) is 7.53. The minimum absolute atomic E-state index is 0. The summed E-state index contributed by atoms with van der Waals surface area (Å²) in [6.07, 6.45) is 2.33. The number of carbonyl (C=O) groups excluding carboxylic acids is 1. The molecular formula is C24H33IN4O2. The van der Waals surface area contributed by atoms with E-state index >= 15 is 0 Å². The Morgan fingerprint density at radius 2 is 1.65 bits per heavy atom. The van der Waals surface area contributed by atoms with Gasteiger partial charge in [0.2, 0.25) is 0 Å². The van der Waals surface area contributed by atoms with Crippen LogP contribution in [0, 0.1) is 0 Å². The number of carbonyl (C=O) groups is 1. The highest BCUT2D eigenvalue weighted by molar-refractivity contribution is 14.0. The van der Waals surface area contributed by atoms with Gasteiger partial charge in [-0.3, -0.25) is 4.99 Å². The van der Waals surface area contributed by atoms with E-state index in [2.05, 4.69) is 58.8 Å². The van der Waals surface area contributed by atoms with E-state index in [-0.39, 0.29) is 42.0 Å². The average molecular weight is 536 g/mol. The summed E-state index contributed by atoms with van der Waals surface area (Å²) in [6.45, 7) is 4.23. The molecule has 1 amide bonds. The molecule has 0 saturated carbocycles. The summed E-state index contributed by atoms with van der Waals surface area (Å²) in [6, 6.07) is 21.3. The molecular weight excluding hydrogens is 503 g/mol. The second kappa shape index (κ2) is 13.2. The van der Waals surface area contributed by atoms with Crippen molar-refractivity contribution < 1.29 is 9.53 Å². The van der Waals surface area contributed by atoms with Crippen molar-refractivity contribution in [1.82, 2.24) is 10.2 Å². The zero-order valence-corrected chi connectivity index (χ0v) is 20.4. The molecule has 0 bridgehead atoms. The fourth-order valence-electron chi connectivity index (χ4n) is 3.89. The van der Waals surface area contributed by atoms with Gasteiger partial charge in [0.15, 0.2) is 5.96 Å². The molecule has 2 aromatic carbocycles. The summed E-state index contributed by atoms with van der Waals surface area (Å²) < 4.78 is 5.06. The van der Waals surface area contributed by atoms with Gasteiger partial charge < -0.3 is 20.7 Å². The number of nitrogens with two attached hydrogens (primary N) is 1. The van der Waals surface area contributed by atoms with Crippen molar-refractivity contribution in [1.29, 1.82) is 0 Å². The van der Waals surface area contributed by atoms with Crippen LogP contribution in [0.1, 0.15) is 43.2 Å². The number of guanidine groups is 1. The van der Waals surface area contributed by atoms with Gasteiger partial charge in [0, 0.05) is 31.6 Å². The molecule has 1 aliphatic rings. The molecule has 7 heteroatoms. The number of rotatable bonds is 7. The third-order valence-electron chi connectivity index (χ3n) is 5.48. The second-order valence-electron chi connectivity index (χ2n) is 7.53. The van der Waals surface area contributed by atoms with Gasteiger partial charge in [0.25, 0.3) is 0 Å². The first-order chi connectivity index (χ1) is 14.7. The van der Waals surface area contributed by atoms with Crippen molar-refractivity contribution in [2.45, 2.75) is 38.1 Å². The van der Waals surface area contributed by atoms with Crippen LogP contribution < -0.4 is 11.1 Å². The number of aliphatic imine (C=N–C) groups is 1. The van der Waals surface area contributed by atoms with E-state index in [1.807, 2.05) is 19.1 Å². The number of piperidine rings is 1. The smallest absolute Gasteiger partial charge is 0.409 e. The van der Waals surface area contributed by atoms with Crippen LogP contribution in [0.15, 0.2) is 65.7 Å². The highest BCUT2D eigenvalue weighted by Crippen LogP contribution is 2.27. The summed E-state index contributed by atoms with van der Waals surface area (Å²) in [5.41, 5.74) is 8.72. The lowest BCUT2D eigenvalue weighted by Gasteiger charge is -2.31. The Morgan fingerprint density at radius 3 is 2.16 bits per heavy atom. The maximum absolute atomic E-state index is 11.8. The average Bonchev–Trinajstić information content (AvgIpc) is 2.78. The summed E-state index contributed by atoms with van der Waals surface area (Å²) >= 11 is 0. The Bertz CT molecular complexity index is 769. The third kappa shape index (κ3) is 7.72. The van der Waals surface area contributed by atoms with Crippen molar-refractivity contribution in [2.75, 3.05) is 26.2 Å². The Hall–Kier alpha value is -2.29. The topological polar surface area (TPSA) is 80.0 Å². The number of likely N-dealkylation sites (tertiary alicyclic amines) is 1. The van der Waals surface area contributed by atoms with E-state index in [9.17, 15) is 4.79 Å². The Labute approximate surface area is 202 Å². The minimum Gasteiger partial charge on any atom is -0.450 e. The first-order valence-corrected chi connectivity index (χ1v) is 10.8. The van der Waals surface area contributed by atoms with Crippen LogP contribution in [0.2, 0.25) is 0 Å². The van der Waals surface area contributed by atoms with E-state index in [0.29, 0.717) is 32.2 Å². The maximum atomic E-state index is 11.8. The molecule has 168 valence electrons. The van der Waals surface area contributed by atoms with Crippen LogP contribution >= 0.6 is 24.0 Å². The van der Waals surface area contributed by atoms with Gasteiger partial charge in [0.05, 0.1) is 6.61 Å². The van der Waals surface area contributed by atoms with Gasteiger partial charge >= 0.3 is 6.09 Å². The molecule has 0 aliphatic carbocycles. The standard InChI is InChI=1S/C24H32N4O2.HI/c1-2-30-24(29)28-17-14-21(15-18-28)27-23(25)26-16-13-22(19-9-5-3-6-10-19)20-11-7-4-8-12-20;/h3-12,21-22H,2,13-18H2,1H3,(H3,25,26,27);1H. The van der Waals surface area contributed by atoms with Crippen LogP contribution in [0.5, 0.6) is 0 Å². The van der Waals surface area contributed by atoms with Gasteiger partial charge in [-0.1, -0.05) is 60.7 Å². The molecule has 1 heterocycles. The van der Waals surface area contributed by atoms with Gasteiger partial charge in [-0.2, -0.15) is 0 Å². The Morgan fingerprint density at radius 1 is 1.10 bits per heavy atom. The first kappa shape index (κ1) is 25.0. The van der Waals surface area contributed by atoms with E-state index in [0.717, 1.165) is 19.3 Å². The largest absolute Gasteiger partial charge is 0.450 e. The Balaban J connectivity index is 0.00000341. The van der Waals surface area contributed by atoms with Crippen LogP contribution in [0.3, 0.4) is 0 Å². The molecule has 0 unspecified atom stereocenters. The molecule has 1 aliphatic heterocycles. The highest BCUT2D eigenvalue weighted by atomic mass is 127. The maximum Gasteiger partial charge on any atom is 0.409 e. The fourth-order valence-corrected chi connectivity index (χ4v) is 3.89. The normalized spacial score (nSPS) is 14.8. The van der Waals surface area contributed by atoms with E-state index in [1.165, 1.54) is 11.1 Å². The number of nitrogens with zero attached hydrogens (tertiary/aromatic N) is 2. The SMILES string of the molecule is CCOC(=O)N1CCC(NC(N)=NCCC(c2ccccc2)c2ccccc2)CC1.I. The monoisotopic (exact) mass is 536 g/mol. The zero-order chi connectivity index (χ0) is 21.2. The van der Waals surface area contributed by atoms with E-state index in [4.69, 9.17) is 10.5 Å². The molecule has 1 fully saturated rings. The van der Waals surface area contributed by atoms with Gasteiger partial charge in [-0.25, -0.2) is 4.79 Å². The molecule has 3 N–H and O–H groups in total. The predicted octanol–water partition coefficient (Wildman–Crippen LogP) is 4.35. The van der Waals surface area contributed by atoms with Crippen molar-refractivity contribution in [3.8, 4) is 0 Å². The van der Waals surface area contributed by atoms with Crippen LogP contribution in [-0.4, -0.2) is 49.2 Å². The number of nitrogens with one attached hydrogen (secondary N) is 1. The van der Waals surface area contributed by atoms with Gasteiger partial charge in [0.1, 0.15) is 0 Å². The molecule has 31 heavy (non-hydrogen) atoms. The van der Waals surface area contributed by atoms with E-state index in [1.54, 1.807) is 4.90 Å². The third-order valence-corrected chi connectivity index (χ3v) is 5.48. The quantitative estimate of drug-likeness (QED) is 0.313. The fraction of sp³-hybridized carbons (Fsp3) is 0.417. The number of hydrogen-bond donors (Lipinski definition) is 2. The van der Waals surface area contributed by atoms with Crippen molar-refractivity contribution in [2.24, 2.45) is 10.7 Å². The van der Waals surface area contributed by atoms with Crippen molar-refractivity contribution in [3.63, 3.8) is 0 Å². The molecule has 0 spiro atoms. The summed E-state index contributed by atoms with van der Waals surface area (Å²) in [5.74, 6) is 0.765. The van der Waals surface area contributed by atoms with Crippen LogP contribution in [-0.2, 0) is 4.74 Å². The first-order valence-electron chi connectivity index (χ1n) is 10.8. The summed E-state index contributed by atoms with van der Waals surface area (Å²) in [7, 11) is 0. The van der Waals surface area contributed by atoms with Gasteiger partial charge in [-0.15, -0.1) is 24.0 Å². The molecule has 0 aromatic heterocycles. The van der Waals surface area contributed by atoms with Crippen molar-refractivity contribution in [3.05, 3.63) is 71.8 Å². The van der Waals surface area contributed by atoms with Crippen LogP contribution in [0.4, 0.5) is 4.79 Å². The molecule has 0 radical (unpaired) electrons. The van der Waals surface area contributed by atoms with Crippen LogP contribution in [0.25, 0.3) is 0 Å². The number of benzene rings is 2. The highest BCUT2D eigenvalue weighted by Gasteiger charge is 2.23. The molecule has 1 saturated heterocycles. The van der Waals surface area contributed by atoms with Gasteiger partial charge in [-0.05, 0) is 37.3 Å². The molecule has 0 atom stereocenters. The molecule has 2 aromatic rings. The molecule has 3 rings (SSSR count). The number of hydrogen-bond acceptors (Lipinski definition) is 3. The lowest BCUT2D eigenvalue weighted by Crippen LogP contribution is -2.48. The van der Waals surface area contributed by atoms with E-state index < -0.39 is 0 Å². The summed E-state index contributed by atoms with van der Waals surface area (Å²) in [5, 5.41) is 3.31. The van der Waals surface area contributed by atoms with Crippen molar-refractivity contribution >= 4 is 36.0 Å². The molecule has 6 nitrogen and oxygen atoms in total. The number of ether oxygens (including phenoxy) is 1. The number of halogens is 1. The summed E-state index contributed by atoms with van der Waals surface area (Å²) in [4.78, 5) is 18.1.